The van der Waals surface area contributed by atoms with Gasteiger partial charge in [0.05, 0.1) is 7.11 Å². The number of aromatic hydroxyl groups is 1. The number of nitrogens with zero attached hydrogens (tertiary/aromatic N) is 1. The highest BCUT2D eigenvalue weighted by molar-refractivity contribution is 7.98. The van der Waals surface area contributed by atoms with Gasteiger partial charge in [0.2, 0.25) is 0 Å². The average Bonchev–Trinajstić information content (AvgIpc) is 2.54. The van der Waals surface area contributed by atoms with E-state index in [2.05, 4.69) is 4.99 Å². The molecule has 5 heteroatoms. The molecule has 116 valence electrons. The Morgan fingerprint density at radius 3 is 2.73 bits per heavy atom. The third kappa shape index (κ3) is 5.28. The third-order valence-electron chi connectivity index (χ3n) is 3.01. The van der Waals surface area contributed by atoms with Gasteiger partial charge in [0.1, 0.15) is 11.5 Å². The molecule has 2 rings (SSSR count). The molecule has 1 N–H and O–H groups in total. The number of ether oxygens (including phenoxy) is 1. The molecule has 0 aromatic heterocycles. The van der Waals surface area contributed by atoms with Crippen LogP contribution in [0.4, 0.5) is 0 Å². The average molecular weight is 336 g/mol. The molecule has 0 atom stereocenters. The summed E-state index contributed by atoms with van der Waals surface area (Å²) >= 11 is 7.67. The van der Waals surface area contributed by atoms with Gasteiger partial charge in [0.15, 0.2) is 0 Å². The van der Waals surface area contributed by atoms with E-state index in [-0.39, 0.29) is 5.75 Å². The van der Waals surface area contributed by atoms with E-state index in [1.807, 2.05) is 36.0 Å². The maximum atomic E-state index is 9.74. The van der Waals surface area contributed by atoms with Crippen LogP contribution in [0.3, 0.4) is 0 Å². The maximum Gasteiger partial charge on any atom is 0.124 e. The lowest BCUT2D eigenvalue weighted by molar-refractivity contribution is 0.412. The quantitative estimate of drug-likeness (QED) is 0.602. The first-order valence-electron chi connectivity index (χ1n) is 6.88. The monoisotopic (exact) mass is 335 g/mol. The van der Waals surface area contributed by atoms with Gasteiger partial charge in [0.25, 0.3) is 0 Å². The molecule has 0 radical (unpaired) electrons. The molecule has 22 heavy (non-hydrogen) atoms. The van der Waals surface area contributed by atoms with Gasteiger partial charge in [0, 0.05) is 34.9 Å². The summed E-state index contributed by atoms with van der Waals surface area (Å²) in [7, 11) is 1.60. The highest BCUT2D eigenvalue weighted by Crippen LogP contribution is 2.21. The van der Waals surface area contributed by atoms with Crippen molar-refractivity contribution in [1.29, 1.82) is 0 Å². The number of hydrogen-bond donors (Lipinski definition) is 1. The van der Waals surface area contributed by atoms with E-state index in [0.29, 0.717) is 17.9 Å². The minimum absolute atomic E-state index is 0.207. The summed E-state index contributed by atoms with van der Waals surface area (Å²) in [5.74, 6) is 2.77. The zero-order valence-corrected chi connectivity index (χ0v) is 13.9. The van der Waals surface area contributed by atoms with Crippen LogP contribution in [-0.2, 0) is 5.75 Å². The lowest BCUT2D eigenvalue weighted by atomic mass is 10.2. The van der Waals surface area contributed by atoms with Crippen molar-refractivity contribution in [2.45, 2.75) is 5.75 Å². The second kappa shape index (κ2) is 8.71. The van der Waals surface area contributed by atoms with Crippen molar-refractivity contribution < 1.29 is 9.84 Å². The minimum Gasteiger partial charge on any atom is -0.507 e. The van der Waals surface area contributed by atoms with Crippen LogP contribution in [-0.4, -0.2) is 30.7 Å². The number of phenols is 1. The maximum absolute atomic E-state index is 9.74. The van der Waals surface area contributed by atoms with Crippen molar-refractivity contribution in [1.82, 2.24) is 0 Å². The molecule has 0 fully saturated rings. The highest BCUT2D eigenvalue weighted by Gasteiger charge is 2.00. The summed E-state index contributed by atoms with van der Waals surface area (Å²) in [6, 6.07) is 13.0. The molecule has 0 heterocycles. The van der Waals surface area contributed by atoms with E-state index in [4.69, 9.17) is 16.3 Å². The Kier molecular flexibility index (Phi) is 6.62. The molecule has 0 aliphatic heterocycles. The molecular weight excluding hydrogens is 318 g/mol. The van der Waals surface area contributed by atoms with Gasteiger partial charge in [-0.1, -0.05) is 23.7 Å². The number of hydrogen-bond acceptors (Lipinski definition) is 4. The topological polar surface area (TPSA) is 41.8 Å². The van der Waals surface area contributed by atoms with Gasteiger partial charge in [-0.3, -0.25) is 4.99 Å². The van der Waals surface area contributed by atoms with Crippen molar-refractivity contribution in [3.8, 4) is 11.5 Å². The smallest absolute Gasteiger partial charge is 0.124 e. The normalized spacial score (nSPS) is 11.0. The Labute approximate surface area is 140 Å². The van der Waals surface area contributed by atoms with E-state index in [0.717, 1.165) is 16.5 Å². The van der Waals surface area contributed by atoms with Crippen molar-refractivity contribution in [3.05, 3.63) is 58.6 Å². The van der Waals surface area contributed by atoms with Crippen molar-refractivity contribution in [2.75, 3.05) is 19.4 Å². The van der Waals surface area contributed by atoms with E-state index in [1.165, 1.54) is 5.56 Å². The van der Waals surface area contributed by atoms with Gasteiger partial charge >= 0.3 is 0 Å². The molecule has 0 saturated heterocycles. The molecule has 0 unspecified atom stereocenters. The molecule has 0 saturated carbocycles. The number of rotatable bonds is 7. The molecule has 2 aromatic rings. The predicted octanol–water partition coefficient (Wildman–Crippen LogP) is 4.41. The Morgan fingerprint density at radius 1 is 1.23 bits per heavy atom. The first-order chi connectivity index (χ1) is 10.7. The largest absolute Gasteiger partial charge is 0.507 e. The van der Waals surface area contributed by atoms with Crippen molar-refractivity contribution in [3.63, 3.8) is 0 Å². The molecule has 0 aliphatic rings. The molecule has 0 bridgehead atoms. The lowest BCUT2D eigenvalue weighted by Crippen LogP contribution is -1.91. The molecule has 0 aliphatic carbocycles. The van der Waals surface area contributed by atoms with Crippen LogP contribution in [0.1, 0.15) is 11.1 Å². The number of halogens is 1. The summed E-state index contributed by atoms with van der Waals surface area (Å²) in [4.78, 5) is 4.34. The Morgan fingerprint density at radius 2 is 2.00 bits per heavy atom. The van der Waals surface area contributed by atoms with Crippen LogP contribution >= 0.6 is 23.4 Å². The van der Waals surface area contributed by atoms with Crippen LogP contribution in [0.2, 0.25) is 5.02 Å². The van der Waals surface area contributed by atoms with E-state index in [1.54, 1.807) is 31.5 Å². The fourth-order valence-corrected chi connectivity index (χ4v) is 2.75. The number of thioether (sulfide) groups is 1. The molecule has 3 nitrogen and oxygen atoms in total. The summed E-state index contributed by atoms with van der Waals surface area (Å²) < 4.78 is 5.13. The van der Waals surface area contributed by atoms with Crippen LogP contribution < -0.4 is 4.74 Å². The van der Waals surface area contributed by atoms with Gasteiger partial charge < -0.3 is 9.84 Å². The number of phenolic OH excluding ortho intramolecular Hbond substituents is 1. The van der Waals surface area contributed by atoms with Gasteiger partial charge in [-0.05, 0) is 35.9 Å². The second-order valence-corrected chi connectivity index (χ2v) is 6.18. The fourth-order valence-electron chi connectivity index (χ4n) is 1.81. The molecular formula is C17H18ClNO2S. The Hall–Kier alpha value is -1.65. The van der Waals surface area contributed by atoms with Crippen molar-refractivity contribution >= 4 is 29.6 Å². The van der Waals surface area contributed by atoms with Crippen LogP contribution in [0.15, 0.2) is 47.5 Å². The number of aliphatic imine (C=N–C) groups is 1. The summed E-state index contributed by atoms with van der Waals surface area (Å²) in [6.45, 7) is 0.703. The Balaban J connectivity index is 1.75. The summed E-state index contributed by atoms with van der Waals surface area (Å²) in [5.41, 5.74) is 1.92. The summed E-state index contributed by atoms with van der Waals surface area (Å²) in [6.07, 6.45) is 1.68. The first kappa shape index (κ1) is 16.7. The number of methoxy groups -OCH3 is 1. The van der Waals surface area contributed by atoms with Crippen LogP contribution in [0.5, 0.6) is 11.5 Å². The molecule has 0 amide bonds. The fraction of sp³-hybridized carbons (Fsp3) is 0.235. The van der Waals surface area contributed by atoms with Crippen LogP contribution in [0.25, 0.3) is 0 Å². The van der Waals surface area contributed by atoms with Gasteiger partial charge in [-0.25, -0.2) is 0 Å². The standard InChI is InChI=1S/C17H18ClNO2S/c1-21-16-6-7-17(20)14(10-16)11-19-8-9-22-12-13-2-4-15(18)5-3-13/h2-7,10-11,20H,8-9,12H2,1H3. The van der Waals surface area contributed by atoms with Crippen molar-refractivity contribution in [2.24, 2.45) is 4.99 Å². The van der Waals surface area contributed by atoms with Gasteiger partial charge in [-0.2, -0.15) is 11.8 Å². The SMILES string of the molecule is COc1ccc(O)c(C=NCCSCc2ccc(Cl)cc2)c1. The predicted molar refractivity (Wildman–Crippen MR) is 94.7 cm³/mol. The van der Waals surface area contributed by atoms with E-state index in [9.17, 15) is 5.11 Å². The molecule has 2 aromatic carbocycles. The highest BCUT2D eigenvalue weighted by atomic mass is 35.5. The van der Waals surface area contributed by atoms with Crippen LogP contribution in [0, 0.1) is 0 Å². The van der Waals surface area contributed by atoms with Gasteiger partial charge in [-0.15, -0.1) is 0 Å². The minimum atomic E-state index is 0.207. The third-order valence-corrected chi connectivity index (χ3v) is 4.27. The lowest BCUT2D eigenvalue weighted by Gasteiger charge is -2.03. The number of benzene rings is 2. The zero-order chi connectivity index (χ0) is 15.8. The summed E-state index contributed by atoms with van der Waals surface area (Å²) in [5, 5.41) is 10.5. The van der Waals surface area contributed by atoms with E-state index >= 15 is 0 Å². The molecule has 0 spiro atoms. The second-order valence-electron chi connectivity index (χ2n) is 4.64. The first-order valence-corrected chi connectivity index (χ1v) is 8.41. The zero-order valence-electron chi connectivity index (χ0n) is 12.3. The Bertz CT molecular complexity index is 629. The van der Waals surface area contributed by atoms with E-state index < -0.39 is 0 Å².